The highest BCUT2D eigenvalue weighted by molar-refractivity contribution is 5.51. The minimum absolute atomic E-state index is 0.262. The van der Waals surface area contributed by atoms with Gasteiger partial charge >= 0.3 is 0 Å². The number of ether oxygens (including phenoxy) is 1. The van der Waals surface area contributed by atoms with Crippen molar-refractivity contribution < 1.29 is 9.84 Å². The quantitative estimate of drug-likeness (QED) is 0.492. The van der Waals surface area contributed by atoms with Crippen molar-refractivity contribution in [1.29, 1.82) is 0 Å². The summed E-state index contributed by atoms with van der Waals surface area (Å²) in [5, 5.41) is 13.9. The zero-order chi connectivity index (χ0) is 23.6. The van der Waals surface area contributed by atoms with Gasteiger partial charge in [-0.3, -0.25) is 0 Å². The molecule has 2 aromatic rings. The second-order valence-corrected chi connectivity index (χ2v) is 11.6. The molecule has 2 aliphatic rings. The summed E-state index contributed by atoms with van der Waals surface area (Å²) in [6, 6.07) is 14.8. The van der Waals surface area contributed by atoms with Gasteiger partial charge in [-0.25, -0.2) is 0 Å². The van der Waals surface area contributed by atoms with E-state index in [0.717, 1.165) is 24.6 Å². The van der Waals surface area contributed by atoms with Crippen molar-refractivity contribution in [2.24, 2.45) is 11.3 Å². The SMILES string of the molecule is CC(C)c1c(OCC(O)CNCc2ccccc2)ccc2c1CCC1C(C)(C)CCC[C@]21C. The van der Waals surface area contributed by atoms with Crippen LogP contribution in [0.4, 0.5) is 0 Å². The highest BCUT2D eigenvalue weighted by atomic mass is 16.5. The standard InChI is InChI=1S/C30H43NO2/c1-21(2)28-24-12-15-27-29(3,4)16-9-17-30(27,5)25(24)13-14-26(28)33-20-23(32)19-31-18-22-10-7-6-8-11-22/h6-8,10-11,13-14,21,23,27,31-32H,9,12,15-20H2,1-5H3/t23?,27?,30-/m1/s1. The molecule has 0 radical (unpaired) electrons. The summed E-state index contributed by atoms with van der Waals surface area (Å²) in [5.41, 5.74) is 6.34. The van der Waals surface area contributed by atoms with E-state index in [1.54, 1.807) is 5.56 Å². The van der Waals surface area contributed by atoms with Crippen LogP contribution < -0.4 is 10.1 Å². The Hall–Kier alpha value is -1.84. The molecule has 0 aromatic heterocycles. The van der Waals surface area contributed by atoms with Crippen LogP contribution in [0.1, 0.15) is 88.5 Å². The van der Waals surface area contributed by atoms with E-state index < -0.39 is 6.10 Å². The first-order valence-corrected chi connectivity index (χ1v) is 12.9. The molecule has 1 fully saturated rings. The highest BCUT2D eigenvalue weighted by Crippen LogP contribution is 2.58. The van der Waals surface area contributed by atoms with Crippen LogP contribution >= 0.6 is 0 Å². The lowest BCUT2D eigenvalue weighted by Crippen LogP contribution is -2.48. The summed E-state index contributed by atoms with van der Waals surface area (Å²) in [7, 11) is 0. The normalized spacial score (nSPS) is 24.8. The molecular weight excluding hydrogens is 406 g/mol. The van der Waals surface area contributed by atoms with Gasteiger partial charge in [-0.2, -0.15) is 0 Å². The lowest BCUT2D eigenvalue weighted by Gasteiger charge is -2.54. The van der Waals surface area contributed by atoms with Crippen LogP contribution in [0, 0.1) is 11.3 Å². The molecule has 0 aliphatic heterocycles. The van der Waals surface area contributed by atoms with Gasteiger partial charge in [0, 0.05) is 18.7 Å². The number of aliphatic hydroxyl groups excluding tert-OH is 1. The first kappa shape index (κ1) is 24.3. The van der Waals surface area contributed by atoms with Crippen molar-refractivity contribution in [3.63, 3.8) is 0 Å². The van der Waals surface area contributed by atoms with Gasteiger partial charge in [-0.1, -0.05) is 77.4 Å². The maximum absolute atomic E-state index is 10.5. The third kappa shape index (κ3) is 5.00. The Balaban J connectivity index is 1.47. The van der Waals surface area contributed by atoms with Crippen molar-refractivity contribution in [2.45, 2.75) is 90.7 Å². The number of hydrogen-bond donors (Lipinski definition) is 2. The Morgan fingerprint density at radius 1 is 1.06 bits per heavy atom. The number of hydrogen-bond acceptors (Lipinski definition) is 3. The summed E-state index contributed by atoms with van der Waals surface area (Å²) in [6.45, 7) is 13.6. The van der Waals surface area contributed by atoms with Crippen LogP contribution in [0.2, 0.25) is 0 Å². The molecule has 2 aliphatic carbocycles. The molecule has 3 nitrogen and oxygen atoms in total. The molecule has 3 atom stereocenters. The fourth-order valence-corrected chi connectivity index (χ4v) is 6.87. The lowest BCUT2D eigenvalue weighted by molar-refractivity contribution is 0.0403. The number of rotatable bonds is 8. The van der Waals surface area contributed by atoms with Gasteiger partial charge in [0.25, 0.3) is 0 Å². The summed E-state index contributed by atoms with van der Waals surface area (Å²) in [5.74, 6) is 2.11. The number of benzene rings is 2. The second-order valence-electron chi connectivity index (χ2n) is 11.6. The minimum Gasteiger partial charge on any atom is -0.491 e. The molecule has 0 saturated heterocycles. The van der Waals surface area contributed by atoms with Gasteiger partial charge in [0.15, 0.2) is 0 Å². The van der Waals surface area contributed by atoms with Crippen molar-refractivity contribution in [3.8, 4) is 5.75 Å². The molecule has 2 unspecified atom stereocenters. The molecule has 180 valence electrons. The monoisotopic (exact) mass is 449 g/mol. The van der Waals surface area contributed by atoms with Crippen molar-refractivity contribution in [3.05, 3.63) is 64.7 Å². The molecule has 1 saturated carbocycles. The maximum Gasteiger partial charge on any atom is 0.123 e. The molecule has 0 heterocycles. The van der Waals surface area contributed by atoms with E-state index in [9.17, 15) is 5.11 Å². The van der Waals surface area contributed by atoms with E-state index in [0.29, 0.717) is 24.5 Å². The second kappa shape index (κ2) is 9.80. The number of aliphatic hydroxyl groups is 1. The van der Waals surface area contributed by atoms with Crippen LogP contribution in [-0.4, -0.2) is 24.4 Å². The summed E-state index contributed by atoms with van der Waals surface area (Å²) < 4.78 is 6.25. The van der Waals surface area contributed by atoms with Crippen molar-refractivity contribution >= 4 is 0 Å². The number of fused-ring (bicyclic) bond motifs is 3. The van der Waals surface area contributed by atoms with Crippen LogP contribution in [0.5, 0.6) is 5.75 Å². The van der Waals surface area contributed by atoms with Crippen LogP contribution in [0.3, 0.4) is 0 Å². The van der Waals surface area contributed by atoms with Gasteiger partial charge < -0.3 is 15.2 Å². The Morgan fingerprint density at radius 3 is 2.55 bits per heavy atom. The third-order valence-corrected chi connectivity index (χ3v) is 8.41. The summed E-state index contributed by atoms with van der Waals surface area (Å²) in [4.78, 5) is 0. The van der Waals surface area contributed by atoms with E-state index in [4.69, 9.17) is 4.74 Å². The molecule has 0 spiro atoms. The zero-order valence-corrected chi connectivity index (χ0v) is 21.3. The fourth-order valence-electron chi connectivity index (χ4n) is 6.87. The zero-order valence-electron chi connectivity index (χ0n) is 21.3. The fraction of sp³-hybridized carbons (Fsp3) is 0.600. The van der Waals surface area contributed by atoms with E-state index in [1.807, 2.05) is 18.2 Å². The van der Waals surface area contributed by atoms with E-state index >= 15 is 0 Å². The lowest BCUT2D eigenvalue weighted by atomic mass is 9.50. The van der Waals surface area contributed by atoms with Gasteiger partial charge in [-0.15, -0.1) is 0 Å². The average Bonchev–Trinajstić information content (AvgIpc) is 2.77. The molecular formula is C30H43NO2. The van der Waals surface area contributed by atoms with Crippen LogP contribution in [0.25, 0.3) is 0 Å². The first-order valence-electron chi connectivity index (χ1n) is 12.9. The Labute approximate surface area is 201 Å². The third-order valence-electron chi connectivity index (χ3n) is 8.41. The Bertz CT molecular complexity index is 936. The van der Waals surface area contributed by atoms with Crippen molar-refractivity contribution in [1.82, 2.24) is 5.32 Å². The Kier molecular flexibility index (Phi) is 7.21. The molecule has 2 N–H and O–H groups in total. The molecule has 4 rings (SSSR count). The molecule has 2 aromatic carbocycles. The van der Waals surface area contributed by atoms with E-state index in [1.165, 1.54) is 42.4 Å². The average molecular weight is 450 g/mol. The predicted octanol–water partition coefficient (Wildman–Crippen LogP) is 6.37. The molecule has 0 amide bonds. The van der Waals surface area contributed by atoms with Crippen LogP contribution in [0.15, 0.2) is 42.5 Å². The van der Waals surface area contributed by atoms with Crippen molar-refractivity contribution in [2.75, 3.05) is 13.2 Å². The highest BCUT2D eigenvalue weighted by Gasteiger charge is 2.50. The van der Waals surface area contributed by atoms with Crippen LogP contribution in [-0.2, 0) is 18.4 Å². The van der Waals surface area contributed by atoms with Gasteiger partial charge in [0.1, 0.15) is 18.5 Å². The largest absolute Gasteiger partial charge is 0.491 e. The Morgan fingerprint density at radius 2 is 1.82 bits per heavy atom. The molecule has 3 heteroatoms. The van der Waals surface area contributed by atoms with Gasteiger partial charge in [-0.05, 0) is 71.1 Å². The predicted molar refractivity (Wildman–Crippen MR) is 137 cm³/mol. The molecule has 33 heavy (non-hydrogen) atoms. The summed E-state index contributed by atoms with van der Waals surface area (Å²) in [6.07, 6.45) is 5.83. The molecule has 0 bridgehead atoms. The smallest absolute Gasteiger partial charge is 0.123 e. The summed E-state index contributed by atoms with van der Waals surface area (Å²) >= 11 is 0. The topological polar surface area (TPSA) is 41.5 Å². The first-order chi connectivity index (χ1) is 15.7. The van der Waals surface area contributed by atoms with Gasteiger partial charge in [0.05, 0.1) is 0 Å². The number of nitrogens with one attached hydrogen (secondary N) is 1. The van der Waals surface area contributed by atoms with Gasteiger partial charge in [0.2, 0.25) is 0 Å². The minimum atomic E-state index is -0.536. The van der Waals surface area contributed by atoms with E-state index in [2.05, 4.69) is 64.2 Å². The van der Waals surface area contributed by atoms with E-state index in [-0.39, 0.29) is 5.41 Å². The maximum atomic E-state index is 10.5.